The summed E-state index contributed by atoms with van der Waals surface area (Å²) in [5.74, 6) is 0.486. The molecule has 1 nitrogen and oxygen atoms in total. The van der Waals surface area contributed by atoms with E-state index < -0.39 is 0 Å². The van der Waals surface area contributed by atoms with E-state index in [9.17, 15) is 0 Å². The van der Waals surface area contributed by atoms with Crippen molar-refractivity contribution in [3.05, 3.63) is 114 Å². The second-order valence-electron chi connectivity index (χ2n) is 13.0. The van der Waals surface area contributed by atoms with Crippen molar-refractivity contribution in [3.63, 3.8) is 0 Å². The van der Waals surface area contributed by atoms with Crippen molar-refractivity contribution in [2.45, 2.75) is 44.9 Å². The highest BCUT2D eigenvalue weighted by Crippen LogP contribution is 2.59. The molecule has 0 saturated heterocycles. The van der Waals surface area contributed by atoms with Crippen LogP contribution in [0, 0.1) is 5.92 Å². The number of hydrogen-bond donors (Lipinski definition) is 0. The van der Waals surface area contributed by atoms with Gasteiger partial charge >= 0.3 is 0 Å². The fourth-order valence-corrected chi connectivity index (χ4v) is 8.38. The minimum absolute atomic E-state index is 0.0808. The highest BCUT2D eigenvalue weighted by Gasteiger charge is 2.48. The van der Waals surface area contributed by atoms with E-state index >= 15 is 0 Å². The Morgan fingerprint density at radius 1 is 0.667 bits per heavy atom. The Morgan fingerprint density at radius 3 is 2.08 bits per heavy atom. The quantitative estimate of drug-likeness (QED) is 0.198. The molecule has 1 atom stereocenters. The maximum absolute atomic E-state index is 2.68. The first-order valence-corrected chi connectivity index (χ1v) is 14.3. The summed E-state index contributed by atoms with van der Waals surface area (Å²) in [7, 11) is 0. The lowest BCUT2D eigenvalue weighted by atomic mass is 9.62. The summed E-state index contributed by atoms with van der Waals surface area (Å²) in [5, 5.41) is 8.02. The Hall–Kier alpha value is -4.10. The minimum atomic E-state index is -0.0862. The average molecular weight is 502 g/mol. The van der Waals surface area contributed by atoms with Crippen LogP contribution in [0.5, 0.6) is 0 Å². The molecule has 0 spiro atoms. The molecule has 188 valence electrons. The molecule has 0 saturated carbocycles. The number of benzene rings is 5. The van der Waals surface area contributed by atoms with E-state index in [1.165, 1.54) is 71.2 Å². The Labute approximate surface area is 229 Å². The molecule has 2 aliphatic heterocycles. The Morgan fingerprint density at radius 2 is 1.33 bits per heavy atom. The second kappa shape index (κ2) is 6.90. The highest BCUT2D eigenvalue weighted by molar-refractivity contribution is 6.18. The molecule has 0 fully saturated rings. The number of allylic oxidation sites excluding steroid dienone is 4. The second-order valence-corrected chi connectivity index (χ2v) is 13.0. The van der Waals surface area contributed by atoms with Gasteiger partial charge in [0, 0.05) is 33.2 Å². The SMILES string of the molecule is CC1(C)C2=C3C(CC=C2)C(C)(C)c2cccc4c5cc(-c6c7ccccc7cc7ccccc67)cc1c5n3c24. The molecule has 1 unspecified atom stereocenters. The first-order valence-electron chi connectivity index (χ1n) is 14.3. The lowest BCUT2D eigenvalue weighted by molar-refractivity contribution is 0.371. The molecule has 1 aromatic heterocycles. The van der Waals surface area contributed by atoms with Crippen LogP contribution in [0.3, 0.4) is 0 Å². The molecule has 3 heterocycles. The molecular weight excluding hydrogens is 470 g/mol. The van der Waals surface area contributed by atoms with Crippen LogP contribution in [0.1, 0.15) is 45.2 Å². The molecule has 1 heteroatoms. The van der Waals surface area contributed by atoms with Gasteiger partial charge in [0.1, 0.15) is 0 Å². The summed E-state index contributed by atoms with van der Waals surface area (Å²) in [4.78, 5) is 0. The molecule has 1 aliphatic carbocycles. The zero-order chi connectivity index (χ0) is 26.3. The predicted molar refractivity (Wildman–Crippen MR) is 166 cm³/mol. The molecular formula is C38H31N. The van der Waals surface area contributed by atoms with Gasteiger partial charge in [-0.15, -0.1) is 0 Å². The molecule has 0 amide bonds. The molecule has 0 N–H and O–H groups in total. The van der Waals surface area contributed by atoms with Gasteiger partial charge in [-0.2, -0.15) is 0 Å². The van der Waals surface area contributed by atoms with E-state index in [1.54, 1.807) is 5.70 Å². The van der Waals surface area contributed by atoms with Crippen molar-refractivity contribution in [1.82, 2.24) is 4.57 Å². The molecule has 5 aromatic carbocycles. The largest absolute Gasteiger partial charge is 0.312 e. The first-order chi connectivity index (χ1) is 18.9. The third kappa shape index (κ3) is 2.48. The monoisotopic (exact) mass is 501 g/mol. The number of aromatic nitrogens is 1. The fourth-order valence-electron chi connectivity index (χ4n) is 8.38. The number of fused-ring (bicyclic) bond motifs is 3. The molecule has 9 rings (SSSR count). The Bertz CT molecular complexity index is 2090. The first kappa shape index (κ1) is 21.8. The highest BCUT2D eigenvalue weighted by atomic mass is 15.0. The van der Waals surface area contributed by atoms with Crippen molar-refractivity contribution < 1.29 is 0 Å². The number of nitrogens with zero attached hydrogens (tertiary/aromatic N) is 1. The van der Waals surface area contributed by atoms with Gasteiger partial charge in [0.05, 0.1) is 11.0 Å². The third-order valence-electron chi connectivity index (χ3n) is 10.4. The van der Waals surface area contributed by atoms with E-state index in [0.717, 1.165) is 6.42 Å². The number of para-hydroxylation sites is 1. The van der Waals surface area contributed by atoms with Gasteiger partial charge in [0.2, 0.25) is 0 Å². The van der Waals surface area contributed by atoms with Gasteiger partial charge < -0.3 is 4.57 Å². The molecule has 6 aromatic rings. The van der Waals surface area contributed by atoms with Crippen LogP contribution in [-0.4, -0.2) is 4.57 Å². The van der Waals surface area contributed by atoms with E-state index in [0.29, 0.717) is 5.92 Å². The zero-order valence-corrected chi connectivity index (χ0v) is 23.0. The van der Waals surface area contributed by atoms with Crippen LogP contribution >= 0.6 is 0 Å². The van der Waals surface area contributed by atoms with Gasteiger partial charge in [0.15, 0.2) is 0 Å². The average Bonchev–Trinajstić information content (AvgIpc) is 3.28. The maximum atomic E-state index is 2.68. The number of hydrogen-bond acceptors (Lipinski definition) is 0. The van der Waals surface area contributed by atoms with Crippen LogP contribution in [0.4, 0.5) is 0 Å². The smallest absolute Gasteiger partial charge is 0.0579 e. The lowest BCUT2D eigenvalue weighted by Gasteiger charge is -2.48. The topological polar surface area (TPSA) is 4.93 Å². The van der Waals surface area contributed by atoms with Crippen LogP contribution < -0.4 is 0 Å². The summed E-state index contributed by atoms with van der Waals surface area (Å²) < 4.78 is 2.68. The number of rotatable bonds is 1. The normalized spacial score (nSPS) is 20.2. The molecule has 3 aliphatic rings. The molecule has 0 radical (unpaired) electrons. The van der Waals surface area contributed by atoms with Crippen LogP contribution in [0.15, 0.2) is 103 Å². The van der Waals surface area contributed by atoms with E-state index in [2.05, 4.69) is 129 Å². The van der Waals surface area contributed by atoms with Crippen LogP contribution in [0.2, 0.25) is 0 Å². The molecule has 0 bridgehead atoms. The van der Waals surface area contributed by atoms with E-state index in [1.807, 2.05) is 0 Å². The van der Waals surface area contributed by atoms with Crippen molar-refractivity contribution in [2.24, 2.45) is 5.92 Å². The van der Waals surface area contributed by atoms with Gasteiger partial charge in [-0.25, -0.2) is 0 Å². The van der Waals surface area contributed by atoms with Crippen molar-refractivity contribution >= 4 is 49.0 Å². The van der Waals surface area contributed by atoms with Crippen molar-refractivity contribution in [1.29, 1.82) is 0 Å². The van der Waals surface area contributed by atoms with Crippen molar-refractivity contribution in [2.75, 3.05) is 0 Å². The van der Waals surface area contributed by atoms with Gasteiger partial charge in [-0.1, -0.05) is 107 Å². The van der Waals surface area contributed by atoms with E-state index in [-0.39, 0.29) is 10.8 Å². The Kier molecular flexibility index (Phi) is 3.86. The van der Waals surface area contributed by atoms with Gasteiger partial charge in [0.25, 0.3) is 0 Å². The van der Waals surface area contributed by atoms with Crippen LogP contribution in [-0.2, 0) is 10.8 Å². The summed E-state index contributed by atoms with van der Waals surface area (Å²) in [5.41, 5.74) is 11.5. The Balaban J connectivity index is 1.51. The van der Waals surface area contributed by atoms with Gasteiger partial charge in [-0.05, 0) is 74.0 Å². The minimum Gasteiger partial charge on any atom is -0.312 e. The zero-order valence-electron chi connectivity index (χ0n) is 23.0. The standard InChI is InChI=1S/C38H31N/c1-37(2)29-16-9-15-27-28-20-24(33-25-13-7-5-11-22(25)19-23-12-6-8-14-26(23)33)21-32-35(28)39(34(27)29)36-30(37)17-10-18-31(36)38(32,3)4/h5-16,18-21,30H,17H2,1-4H3. The van der Waals surface area contributed by atoms with Gasteiger partial charge in [-0.3, -0.25) is 0 Å². The summed E-state index contributed by atoms with van der Waals surface area (Å²) in [6.07, 6.45) is 5.98. The lowest BCUT2D eigenvalue weighted by Crippen LogP contribution is -2.40. The summed E-state index contributed by atoms with van der Waals surface area (Å²) in [6, 6.07) is 32.2. The van der Waals surface area contributed by atoms with Crippen LogP contribution in [0.25, 0.3) is 60.2 Å². The fraction of sp³-hybridized carbons (Fsp3) is 0.211. The van der Waals surface area contributed by atoms with Crippen molar-refractivity contribution in [3.8, 4) is 11.1 Å². The maximum Gasteiger partial charge on any atom is 0.0579 e. The summed E-state index contributed by atoms with van der Waals surface area (Å²) in [6.45, 7) is 9.83. The third-order valence-corrected chi connectivity index (χ3v) is 10.4. The summed E-state index contributed by atoms with van der Waals surface area (Å²) >= 11 is 0. The predicted octanol–water partition coefficient (Wildman–Crippen LogP) is 10.1. The van der Waals surface area contributed by atoms with E-state index in [4.69, 9.17) is 0 Å². The molecule has 39 heavy (non-hydrogen) atoms.